The van der Waals surface area contributed by atoms with Gasteiger partial charge in [0.15, 0.2) is 0 Å². The van der Waals surface area contributed by atoms with Crippen LogP contribution in [-0.2, 0) is 6.54 Å². The lowest BCUT2D eigenvalue weighted by Crippen LogP contribution is -2.23. The number of halogens is 1. The van der Waals surface area contributed by atoms with Crippen LogP contribution >= 0.6 is 0 Å². The fraction of sp³-hybridized carbons (Fsp3) is 0.214. The molecule has 2 aromatic rings. The quantitative estimate of drug-likeness (QED) is 0.842. The first-order chi connectivity index (χ1) is 8.69. The van der Waals surface area contributed by atoms with E-state index in [1.807, 2.05) is 31.2 Å². The normalized spacial score (nSPS) is 10.3. The number of nitrogens with two attached hydrogens (primary N) is 1. The van der Waals surface area contributed by atoms with E-state index in [0.29, 0.717) is 0 Å². The molecule has 1 aromatic carbocycles. The molecule has 2 N–H and O–H groups in total. The van der Waals surface area contributed by atoms with Gasteiger partial charge in [-0.3, -0.25) is 0 Å². The van der Waals surface area contributed by atoms with Crippen molar-refractivity contribution >= 4 is 11.5 Å². The lowest BCUT2D eigenvalue weighted by Gasteiger charge is -2.22. The van der Waals surface area contributed by atoms with E-state index in [-0.39, 0.29) is 5.82 Å². The van der Waals surface area contributed by atoms with Crippen molar-refractivity contribution in [1.29, 1.82) is 0 Å². The van der Waals surface area contributed by atoms with Crippen molar-refractivity contribution in [3.05, 3.63) is 54.0 Å². The van der Waals surface area contributed by atoms with Gasteiger partial charge in [-0.05, 0) is 36.8 Å². The molecule has 0 spiro atoms. The Hall–Kier alpha value is -2.10. The van der Waals surface area contributed by atoms with Crippen LogP contribution in [0, 0.1) is 5.82 Å². The summed E-state index contributed by atoms with van der Waals surface area (Å²) in [7, 11) is 0. The Morgan fingerprint density at radius 2 is 1.89 bits per heavy atom. The predicted octanol–water partition coefficient (Wildman–Crippen LogP) is 2.83. The molecule has 2 rings (SSSR count). The molecule has 3 nitrogen and oxygen atoms in total. The lowest BCUT2D eigenvalue weighted by molar-refractivity contribution is 0.620. The number of nitrogen functional groups attached to an aromatic ring is 1. The molecule has 0 radical (unpaired) electrons. The summed E-state index contributed by atoms with van der Waals surface area (Å²) in [5, 5.41) is 0. The van der Waals surface area contributed by atoms with Gasteiger partial charge in [-0.15, -0.1) is 0 Å². The molecule has 0 aliphatic heterocycles. The highest BCUT2D eigenvalue weighted by Crippen LogP contribution is 2.15. The van der Waals surface area contributed by atoms with Crippen molar-refractivity contribution in [1.82, 2.24) is 4.98 Å². The number of hydrogen-bond donors (Lipinski definition) is 1. The van der Waals surface area contributed by atoms with Gasteiger partial charge in [-0.25, -0.2) is 9.37 Å². The zero-order valence-corrected chi connectivity index (χ0v) is 10.3. The average molecular weight is 245 g/mol. The summed E-state index contributed by atoms with van der Waals surface area (Å²) in [6, 6.07) is 10.8. The molecule has 18 heavy (non-hydrogen) atoms. The number of aromatic nitrogens is 1. The van der Waals surface area contributed by atoms with Crippen LogP contribution in [-0.4, -0.2) is 11.5 Å². The van der Waals surface area contributed by atoms with Crippen LogP contribution in [0.3, 0.4) is 0 Å². The number of anilines is 2. The van der Waals surface area contributed by atoms with E-state index in [9.17, 15) is 4.39 Å². The molecule has 0 bridgehead atoms. The fourth-order valence-corrected chi connectivity index (χ4v) is 1.75. The van der Waals surface area contributed by atoms with Crippen molar-refractivity contribution < 1.29 is 4.39 Å². The molecule has 94 valence electrons. The maximum Gasteiger partial charge on any atom is 0.141 e. The van der Waals surface area contributed by atoms with E-state index in [0.717, 1.165) is 30.2 Å². The Bertz CT molecular complexity index is 493. The predicted molar refractivity (Wildman–Crippen MR) is 71.8 cm³/mol. The van der Waals surface area contributed by atoms with Crippen LogP contribution in [0.2, 0.25) is 0 Å². The van der Waals surface area contributed by atoms with Gasteiger partial charge >= 0.3 is 0 Å². The summed E-state index contributed by atoms with van der Waals surface area (Å²) < 4.78 is 12.8. The minimum absolute atomic E-state index is 0.317. The minimum Gasteiger partial charge on any atom is -0.399 e. The third-order valence-electron chi connectivity index (χ3n) is 2.77. The molecule has 0 atom stereocenters. The fourth-order valence-electron chi connectivity index (χ4n) is 1.75. The molecule has 0 amide bonds. The molecule has 0 unspecified atom stereocenters. The second kappa shape index (κ2) is 5.49. The second-order valence-corrected chi connectivity index (χ2v) is 4.09. The number of benzene rings is 1. The van der Waals surface area contributed by atoms with Gasteiger partial charge in [0.1, 0.15) is 11.6 Å². The molecular formula is C14H16FN3. The minimum atomic E-state index is -0.317. The van der Waals surface area contributed by atoms with E-state index >= 15 is 0 Å². The zero-order chi connectivity index (χ0) is 13.0. The summed E-state index contributed by atoms with van der Waals surface area (Å²) in [6.45, 7) is 3.58. The number of pyridine rings is 1. The van der Waals surface area contributed by atoms with Gasteiger partial charge < -0.3 is 10.6 Å². The highest BCUT2D eigenvalue weighted by molar-refractivity contribution is 5.42. The first kappa shape index (κ1) is 12.4. The molecule has 0 saturated heterocycles. The third-order valence-corrected chi connectivity index (χ3v) is 2.77. The van der Waals surface area contributed by atoms with Crippen LogP contribution in [0.4, 0.5) is 15.9 Å². The van der Waals surface area contributed by atoms with E-state index in [2.05, 4.69) is 9.88 Å². The van der Waals surface area contributed by atoms with Crippen molar-refractivity contribution in [3.63, 3.8) is 0 Å². The van der Waals surface area contributed by atoms with Gasteiger partial charge in [-0.1, -0.05) is 12.1 Å². The zero-order valence-electron chi connectivity index (χ0n) is 10.3. The summed E-state index contributed by atoms with van der Waals surface area (Å²) in [6.07, 6.45) is 1.24. The highest BCUT2D eigenvalue weighted by Gasteiger charge is 2.06. The Morgan fingerprint density at radius 1 is 1.17 bits per heavy atom. The van der Waals surface area contributed by atoms with Crippen LogP contribution in [0.15, 0.2) is 42.6 Å². The third kappa shape index (κ3) is 2.97. The summed E-state index contributed by atoms with van der Waals surface area (Å²) in [5.41, 5.74) is 7.55. The number of nitrogens with zero attached hydrogens (tertiary/aromatic N) is 2. The topological polar surface area (TPSA) is 42.1 Å². The molecule has 1 heterocycles. The number of rotatable bonds is 4. The smallest absolute Gasteiger partial charge is 0.141 e. The summed E-state index contributed by atoms with van der Waals surface area (Å²) >= 11 is 0. The van der Waals surface area contributed by atoms with Crippen LogP contribution in [0.5, 0.6) is 0 Å². The Balaban J connectivity index is 2.14. The summed E-state index contributed by atoms with van der Waals surface area (Å²) in [4.78, 5) is 6.16. The first-order valence-electron chi connectivity index (χ1n) is 5.90. The largest absolute Gasteiger partial charge is 0.399 e. The average Bonchev–Trinajstić information content (AvgIpc) is 2.39. The van der Waals surface area contributed by atoms with E-state index in [4.69, 9.17) is 5.73 Å². The van der Waals surface area contributed by atoms with Crippen LogP contribution in [0.25, 0.3) is 0 Å². The Labute approximate surface area is 106 Å². The molecule has 0 aliphatic rings. The second-order valence-electron chi connectivity index (χ2n) is 4.09. The molecular weight excluding hydrogens is 229 g/mol. The van der Waals surface area contributed by atoms with Crippen molar-refractivity contribution in [2.75, 3.05) is 17.2 Å². The molecule has 1 aromatic heterocycles. The highest BCUT2D eigenvalue weighted by atomic mass is 19.1. The Kier molecular flexibility index (Phi) is 3.77. The van der Waals surface area contributed by atoms with Gasteiger partial charge in [0.25, 0.3) is 0 Å². The Morgan fingerprint density at radius 3 is 2.44 bits per heavy atom. The molecule has 0 saturated carbocycles. The van der Waals surface area contributed by atoms with Crippen molar-refractivity contribution in [2.45, 2.75) is 13.5 Å². The monoisotopic (exact) mass is 245 g/mol. The van der Waals surface area contributed by atoms with Crippen LogP contribution in [0.1, 0.15) is 12.5 Å². The van der Waals surface area contributed by atoms with Gasteiger partial charge in [-0.2, -0.15) is 0 Å². The van der Waals surface area contributed by atoms with Crippen molar-refractivity contribution in [2.24, 2.45) is 0 Å². The molecule has 4 heteroatoms. The van der Waals surface area contributed by atoms with E-state index < -0.39 is 0 Å². The maximum absolute atomic E-state index is 12.8. The van der Waals surface area contributed by atoms with Gasteiger partial charge in [0.2, 0.25) is 0 Å². The van der Waals surface area contributed by atoms with E-state index in [1.54, 1.807) is 6.07 Å². The van der Waals surface area contributed by atoms with E-state index in [1.165, 1.54) is 12.3 Å². The van der Waals surface area contributed by atoms with Crippen molar-refractivity contribution in [3.8, 4) is 0 Å². The summed E-state index contributed by atoms with van der Waals surface area (Å²) in [5.74, 6) is 0.456. The standard InChI is InChI=1S/C14H16FN3/c1-2-18(14-8-5-12(15)9-17-14)10-11-3-6-13(16)7-4-11/h3-9H,2,10,16H2,1H3. The lowest BCUT2D eigenvalue weighted by atomic mass is 10.2. The van der Waals surface area contributed by atoms with Gasteiger partial charge in [0.05, 0.1) is 6.20 Å². The maximum atomic E-state index is 12.8. The molecule has 0 aliphatic carbocycles. The SMILES string of the molecule is CCN(Cc1ccc(N)cc1)c1ccc(F)cn1. The van der Waals surface area contributed by atoms with Crippen LogP contribution < -0.4 is 10.6 Å². The van der Waals surface area contributed by atoms with Gasteiger partial charge in [0, 0.05) is 18.8 Å². The number of hydrogen-bond acceptors (Lipinski definition) is 3. The first-order valence-corrected chi connectivity index (χ1v) is 5.90. The molecule has 0 fully saturated rings.